The number of hydrogen-bond donors (Lipinski definition) is 3. The van der Waals surface area contributed by atoms with E-state index in [1.807, 2.05) is 48.5 Å². The molecule has 7 nitrogen and oxygen atoms in total. The van der Waals surface area contributed by atoms with E-state index in [4.69, 9.17) is 4.52 Å². The summed E-state index contributed by atoms with van der Waals surface area (Å²) in [5.74, 6) is 0.151. The van der Waals surface area contributed by atoms with Crippen LogP contribution in [0, 0.1) is 0 Å². The summed E-state index contributed by atoms with van der Waals surface area (Å²) >= 11 is 0. The van der Waals surface area contributed by atoms with Gasteiger partial charge in [-0.15, -0.1) is 0 Å². The van der Waals surface area contributed by atoms with Gasteiger partial charge in [0.1, 0.15) is 0 Å². The molecule has 2 aromatic carbocycles. The number of aromatic nitrogens is 3. The van der Waals surface area contributed by atoms with Gasteiger partial charge in [0.25, 0.3) is 5.91 Å². The summed E-state index contributed by atoms with van der Waals surface area (Å²) in [6.45, 7) is -0.0331. The molecule has 2 aromatic heterocycles. The van der Waals surface area contributed by atoms with Gasteiger partial charge in [-0.1, -0.05) is 35.5 Å². The summed E-state index contributed by atoms with van der Waals surface area (Å²) in [6.07, 6.45) is 2.14. The second kappa shape index (κ2) is 7.43. The number of nitrogens with zero attached hydrogens (tertiary/aromatic N) is 2. The molecule has 0 fully saturated rings. The second-order valence-electron chi connectivity index (χ2n) is 6.20. The van der Waals surface area contributed by atoms with Crippen LogP contribution in [-0.4, -0.2) is 33.0 Å². The Bertz CT molecular complexity index is 1060. The Kier molecular flexibility index (Phi) is 4.67. The minimum atomic E-state index is -0.350. The molecule has 1 atom stereocenters. The van der Waals surface area contributed by atoms with Crippen LogP contribution in [0.4, 0.5) is 0 Å². The fraction of sp³-hybridized carbons (Fsp3) is 0.150. The van der Waals surface area contributed by atoms with E-state index < -0.39 is 0 Å². The van der Waals surface area contributed by atoms with Gasteiger partial charge >= 0.3 is 0 Å². The Morgan fingerprint density at radius 1 is 1.19 bits per heavy atom. The van der Waals surface area contributed by atoms with E-state index in [1.165, 1.54) is 0 Å². The first kappa shape index (κ1) is 17.0. The summed E-state index contributed by atoms with van der Waals surface area (Å²) in [5, 5.41) is 23.9. The summed E-state index contributed by atoms with van der Waals surface area (Å²) in [5.41, 5.74) is 2.85. The molecule has 1 amide bonds. The van der Waals surface area contributed by atoms with Crippen LogP contribution in [0.25, 0.3) is 22.2 Å². The smallest absolute Gasteiger partial charge is 0.273 e. The molecule has 4 rings (SSSR count). The lowest BCUT2D eigenvalue weighted by atomic mass is 10.0. The molecule has 136 valence electrons. The van der Waals surface area contributed by atoms with Crippen LogP contribution in [0.5, 0.6) is 0 Å². The Hall–Kier alpha value is -3.45. The minimum Gasteiger partial charge on any atom is -0.396 e. The number of benzene rings is 2. The van der Waals surface area contributed by atoms with Gasteiger partial charge < -0.3 is 14.9 Å². The number of aliphatic hydroxyl groups is 1. The van der Waals surface area contributed by atoms with Gasteiger partial charge in [-0.25, -0.2) is 0 Å². The zero-order valence-electron chi connectivity index (χ0n) is 14.4. The predicted octanol–water partition coefficient (Wildman–Crippen LogP) is 3.07. The van der Waals surface area contributed by atoms with Crippen molar-refractivity contribution >= 4 is 16.8 Å². The van der Waals surface area contributed by atoms with E-state index in [1.54, 1.807) is 12.3 Å². The number of aromatic amines is 1. The van der Waals surface area contributed by atoms with Crippen molar-refractivity contribution in [2.24, 2.45) is 0 Å². The summed E-state index contributed by atoms with van der Waals surface area (Å²) in [4.78, 5) is 12.6. The first-order chi connectivity index (χ1) is 13.2. The van der Waals surface area contributed by atoms with Crippen LogP contribution in [-0.2, 0) is 0 Å². The number of hydrogen-bond acceptors (Lipinski definition) is 5. The van der Waals surface area contributed by atoms with Gasteiger partial charge in [-0.3, -0.25) is 9.89 Å². The quantitative estimate of drug-likeness (QED) is 0.489. The number of fused-ring (bicyclic) bond motifs is 1. The van der Waals surface area contributed by atoms with Crippen LogP contribution >= 0.6 is 0 Å². The van der Waals surface area contributed by atoms with Crippen molar-refractivity contribution in [1.82, 2.24) is 20.7 Å². The molecule has 0 bridgehead atoms. The lowest BCUT2D eigenvalue weighted by Gasteiger charge is -2.17. The van der Waals surface area contributed by atoms with Gasteiger partial charge in [0.05, 0.1) is 17.8 Å². The van der Waals surface area contributed by atoms with Crippen molar-refractivity contribution in [3.8, 4) is 11.3 Å². The molecule has 0 saturated carbocycles. The van der Waals surface area contributed by atoms with Gasteiger partial charge in [0.2, 0.25) is 0 Å². The average Bonchev–Trinajstić information content (AvgIpc) is 3.37. The predicted molar refractivity (Wildman–Crippen MR) is 99.9 cm³/mol. The highest BCUT2D eigenvalue weighted by Crippen LogP contribution is 2.24. The van der Waals surface area contributed by atoms with Crippen molar-refractivity contribution < 1.29 is 14.4 Å². The van der Waals surface area contributed by atoms with Crippen LogP contribution in [0.15, 0.2) is 65.3 Å². The fourth-order valence-electron chi connectivity index (χ4n) is 2.98. The van der Waals surface area contributed by atoms with Crippen molar-refractivity contribution in [2.45, 2.75) is 12.5 Å². The maximum absolute atomic E-state index is 12.6. The zero-order valence-corrected chi connectivity index (χ0v) is 14.4. The van der Waals surface area contributed by atoms with E-state index in [2.05, 4.69) is 20.7 Å². The highest BCUT2D eigenvalue weighted by atomic mass is 16.5. The standard InChI is InChI=1S/C20H18N4O3/c25-9-8-16(13-4-2-1-3-5-13)22-20(26)18-11-19(27-24-18)14-6-7-17-15(10-14)12-21-23-17/h1-7,10-12,16,25H,8-9H2,(H,21,23)(H,22,26)/t16-/m0/s1. The third kappa shape index (κ3) is 3.58. The highest BCUT2D eigenvalue weighted by Gasteiger charge is 2.19. The van der Waals surface area contributed by atoms with Gasteiger partial charge in [-0.05, 0) is 30.2 Å². The third-order valence-electron chi connectivity index (χ3n) is 4.39. The normalized spacial score (nSPS) is 12.2. The largest absolute Gasteiger partial charge is 0.396 e. The topological polar surface area (TPSA) is 104 Å². The zero-order chi connectivity index (χ0) is 18.6. The van der Waals surface area contributed by atoms with E-state index in [0.717, 1.165) is 22.0 Å². The number of carbonyl (C=O) groups is 1. The Morgan fingerprint density at radius 3 is 2.85 bits per heavy atom. The number of amides is 1. The Labute approximate surface area is 155 Å². The summed E-state index contributed by atoms with van der Waals surface area (Å²) in [6, 6.07) is 16.5. The van der Waals surface area contributed by atoms with Gasteiger partial charge in [-0.2, -0.15) is 5.10 Å². The van der Waals surface area contributed by atoms with Crippen LogP contribution in [0.3, 0.4) is 0 Å². The number of rotatable bonds is 6. The van der Waals surface area contributed by atoms with Crippen molar-refractivity contribution in [2.75, 3.05) is 6.61 Å². The van der Waals surface area contributed by atoms with Gasteiger partial charge in [0.15, 0.2) is 11.5 Å². The lowest BCUT2D eigenvalue weighted by Crippen LogP contribution is -2.29. The highest BCUT2D eigenvalue weighted by molar-refractivity contribution is 5.93. The molecule has 7 heteroatoms. The first-order valence-electron chi connectivity index (χ1n) is 8.61. The molecule has 4 aromatic rings. The number of H-pyrrole nitrogens is 1. The molecule has 0 spiro atoms. The Balaban J connectivity index is 1.54. The average molecular weight is 362 g/mol. The number of aliphatic hydroxyl groups excluding tert-OH is 1. The molecule has 2 heterocycles. The maximum Gasteiger partial charge on any atom is 0.273 e. The van der Waals surface area contributed by atoms with Crippen molar-refractivity contribution in [1.29, 1.82) is 0 Å². The molecule has 0 aliphatic rings. The van der Waals surface area contributed by atoms with Crippen LogP contribution in [0.1, 0.15) is 28.5 Å². The van der Waals surface area contributed by atoms with E-state index in [0.29, 0.717) is 12.2 Å². The molecule has 0 unspecified atom stereocenters. The molecule has 0 saturated heterocycles. The summed E-state index contributed by atoms with van der Waals surface area (Å²) < 4.78 is 5.35. The van der Waals surface area contributed by atoms with Crippen LogP contribution < -0.4 is 5.32 Å². The van der Waals surface area contributed by atoms with E-state index in [9.17, 15) is 9.90 Å². The second-order valence-corrected chi connectivity index (χ2v) is 6.20. The number of nitrogens with one attached hydrogen (secondary N) is 2. The molecule has 0 radical (unpaired) electrons. The summed E-state index contributed by atoms with van der Waals surface area (Å²) in [7, 11) is 0. The van der Waals surface area contributed by atoms with Crippen molar-refractivity contribution in [3.05, 3.63) is 72.1 Å². The fourth-order valence-corrected chi connectivity index (χ4v) is 2.98. The molecule has 0 aliphatic heterocycles. The molecule has 0 aliphatic carbocycles. The first-order valence-corrected chi connectivity index (χ1v) is 8.61. The Morgan fingerprint density at radius 2 is 2.04 bits per heavy atom. The van der Waals surface area contributed by atoms with E-state index >= 15 is 0 Å². The molecule has 27 heavy (non-hydrogen) atoms. The maximum atomic E-state index is 12.6. The molecular weight excluding hydrogens is 344 g/mol. The minimum absolute atomic E-state index is 0.0331. The van der Waals surface area contributed by atoms with Gasteiger partial charge in [0, 0.05) is 23.6 Å². The monoisotopic (exact) mass is 362 g/mol. The molecular formula is C20H18N4O3. The SMILES string of the molecule is O=C(N[C@@H](CCO)c1ccccc1)c1cc(-c2ccc3[nH]ncc3c2)on1. The molecule has 3 N–H and O–H groups in total. The lowest BCUT2D eigenvalue weighted by molar-refractivity contribution is 0.0921. The number of carbonyl (C=O) groups excluding carboxylic acids is 1. The van der Waals surface area contributed by atoms with Crippen LogP contribution in [0.2, 0.25) is 0 Å². The third-order valence-corrected chi connectivity index (χ3v) is 4.39. The van der Waals surface area contributed by atoms with Crippen molar-refractivity contribution in [3.63, 3.8) is 0 Å². The van der Waals surface area contributed by atoms with E-state index in [-0.39, 0.29) is 24.2 Å².